The van der Waals surface area contributed by atoms with Crippen molar-refractivity contribution in [2.45, 2.75) is 32.7 Å². The van der Waals surface area contributed by atoms with Crippen LogP contribution in [0.2, 0.25) is 0 Å². The van der Waals surface area contributed by atoms with Gasteiger partial charge in [-0.1, -0.05) is 0 Å². The highest BCUT2D eigenvalue weighted by Gasteiger charge is 2.29. The van der Waals surface area contributed by atoms with Crippen LogP contribution in [0.15, 0.2) is 0 Å². The fraction of sp³-hybridized carbons (Fsp3) is 0.846. The van der Waals surface area contributed by atoms with Crippen molar-refractivity contribution >= 4 is 12.0 Å². The Morgan fingerprint density at radius 2 is 2.05 bits per heavy atom. The number of urea groups is 1. The summed E-state index contributed by atoms with van der Waals surface area (Å²) in [4.78, 5) is 26.5. The molecule has 110 valence electrons. The maximum atomic E-state index is 12.1. The van der Waals surface area contributed by atoms with Gasteiger partial charge in [-0.15, -0.1) is 0 Å². The molecule has 0 aromatic rings. The monoisotopic (exact) mass is 271 g/mol. The van der Waals surface area contributed by atoms with E-state index < -0.39 is 11.5 Å². The van der Waals surface area contributed by atoms with E-state index in [9.17, 15) is 9.59 Å². The van der Waals surface area contributed by atoms with E-state index in [2.05, 4.69) is 17.3 Å². The van der Waals surface area contributed by atoms with Crippen LogP contribution in [0.1, 0.15) is 27.2 Å². The molecule has 6 heteroatoms. The molecule has 0 saturated carbocycles. The molecule has 0 aromatic carbocycles. The number of likely N-dealkylation sites (tertiary alicyclic amines) is 1. The van der Waals surface area contributed by atoms with Crippen LogP contribution >= 0.6 is 0 Å². The summed E-state index contributed by atoms with van der Waals surface area (Å²) in [6.45, 7) is 7.86. The van der Waals surface area contributed by atoms with Gasteiger partial charge in [-0.05, 0) is 46.7 Å². The Kier molecular flexibility index (Phi) is 5.17. The number of carboxylic acids is 1. The minimum absolute atomic E-state index is 0.278. The molecule has 2 amide bonds. The number of rotatable bonds is 4. The van der Waals surface area contributed by atoms with Crippen LogP contribution in [0.3, 0.4) is 0 Å². The molecule has 1 atom stereocenters. The maximum Gasteiger partial charge on any atom is 0.323 e. The normalized spacial score (nSPS) is 20.3. The largest absolute Gasteiger partial charge is 0.480 e. The Morgan fingerprint density at radius 3 is 2.47 bits per heavy atom. The minimum atomic E-state index is -0.995. The molecule has 0 bridgehead atoms. The van der Waals surface area contributed by atoms with Crippen LogP contribution in [0.4, 0.5) is 4.79 Å². The molecule has 0 aliphatic carbocycles. The molecule has 0 radical (unpaired) electrons. The second kappa shape index (κ2) is 6.23. The Bertz CT molecular complexity index is 339. The van der Waals surface area contributed by atoms with E-state index in [1.165, 1.54) is 4.90 Å². The van der Waals surface area contributed by atoms with Gasteiger partial charge < -0.3 is 20.2 Å². The van der Waals surface area contributed by atoms with Gasteiger partial charge in [-0.2, -0.15) is 0 Å². The average Bonchev–Trinajstić information content (AvgIpc) is 2.67. The zero-order valence-electron chi connectivity index (χ0n) is 12.3. The van der Waals surface area contributed by atoms with Gasteiger partial charge in [0.15, 0.2) is 0 Å². The average molecular weight is 271 g/mol. The zero-order valence-corrected chi connectivity index (χ0v) is 12.3. The standard InChI is InChI=1S/C13H25N3O3/c1-13(2,3)16(9-11(17)18)12(19)14-7-10-5-6-15(4)8-10/h10H,5-9H2,1-4H3,(H,14,19)(H,17,18). The van der Waals surface area contributed by atoms with Crippen LogP contribution in [-0.4, -0.2) is 65.7 Å². The molecule has 6 nitrogen and oxygen atoms in total. The van der Waals surface area contributed by atoms with Crippen molar-refractivity contribution in [3.05, 3.63) is 0 Å². The van der Waals surface area contributed by atoms with Crippen molar-refractivity contribution in [3.8, 4) is 0 Å². The minimum Gasteiger partial charge on any atom is -0.480 e. The summed E-state index contributed by atoms with van der Waals surface area (Å²) in [7, 11) is 2.06. The van der Waals surface area contributed by atoms with Gasteiger partial charge in [0.1, 0.15) is 6.54 Å². The second-order valence-corrected chi connectivity index (χ2v) is 6.25. The third-order valence-corrected chi connectivity index (χ3v) is 3.38. The molecular weight excluding hydrogens is 246 g/mol. The van der Waals surface area contributed by atoms with Gasteiger partial charge in [-0.25, -0.2) is 4.79 Å². The lowest BCUT2D eigenvalue weighted by Gasteiger charge is -2.34. The summed E-state index contributed by atoms with van der Waals surface area (Å²) in [6.07, 6.45) is 1.07. The second-order valence-electron chi connectivity index (χ2n) is 6.25. The maximum absolute atomic E-state index is 12.1. The van der Waals surface area contributed by atoms with E-state index >= 15 is 0 Å². The Balaban J connectivity index is 2.50. The van der Waals surface area contributed by atoms with Crippen LogP contribution in [0.5, 0.6) is 0 Å². The van der Waals surface area contributed by atoms with Gasteiger partial charge in [0.2, 0.25) is 0 Å². The summed E-state index contributed by atoms with van der Waals surface area (Å²) >= 11 is 0. The topological polar surface area (TPSA) is 72.9 Å². The molecule has 1 aliphatic heterocycles. The lowest BCUT2D eigenvalue weighted by molar-refractivity contribution is -0.138. The van der Waals surface area contributed by atoms with E-state index in [4.69, 9.17) is 5.11 Å². The first kappa shape index (κ1) is 15.8. The van der Waals surface area contributed by atoms with Crippen molar-refractivity contribution in [2.24, 2.45) is 5.92 Å². The summed E-state index contributed by atoms with van der Waals surface area (Å²) in [5, 5.41) is 11.7. The molecule has 1 unspecified atom stereocenters. The Labute approximate surface area is 114 Å². The first-order valence-corrected chi connectivity index (χ1v) is 6.66. The molecule has 0 aromatic heterocycles. The summed E-state index contributed by atoms with van der Waals surface area (Å²) in [5.41, 5.74) is -0.505. The predicted molar refractivity (Wildman–Crippen MR) is 73.1 cm³/mol. The Morgan fingerprint density at radius 1 is 1.42 bits per heavy atom. The lowest BCUT2D eigenvalue weighted by atomic mass is 10.1. The zero-order chi connectivity index (χ0) is 14.6. The van der Waals surface area contributed by atoms with Gasteiger partial charge in [0, 0.05) is 18.6 Å². The first-order chi connectivity index (χ1) is 8.70. The molecule has 19 heavy (non-hydrogen) atoms. The van der Waals surface area contributed by atoms with E-state index in [0.717, 1.165) is 19.5 Å². The number of carboxylic acid groups (broad SMARTS) is 1. The van der Waals surface area contributed by atoms with E-state index in [1.807, 2.05) is 20.8 Å². The van der Waals surface area contributed by atoms with Gasteiger partial charge in [0.05, 0.1) is 0 Å². The number of nitrogens with zero attached hydrogens (tertiary/aromatic N) is 2. The van der Waals surface area contributed by atoms with Crippen LogP contribution in [0, 0.1) is 5.92 Å². The highest BCUT2D eigenvalue weighted by Crippen LogP contribution is 2.15. The molecule has 0 spiro atoms. The van der Waals surface area contributed by atoms with Crippen molar-refractivity contribution in [3.63, 3.8) is 0 Å². The van der Waals surface area contributed by atoms with E-state index in [0.29, 0.717) is 12.5 Å². The lowest BCUT2D eigenvalue weighted by Crippen LogP contribution is -2.53. The van der Waals surface area contributed by atoms with Crippen LogP contribution in [-0.2, 0) is 4.79 Å². The number of aliphatic carboxylic acids is 1. The van der Waals surface area contributed by atoms with Gasteiger partial charge >= 0.3 is 12.0 Å². The number of nitrogens with one attached hydrogen (secondary N) is 1. The van der Waals surface area contributed by atoms with E-state index in [-0.39, 0.29) is 12.6 Å². The fourth-order valence-electron chi connectivity index (χ4n) is 2.27. The number of carbonyl (C=O) groups excluding carboxylic acids is 1. The first-order valence-electron chi connectivity index (χ1n) is 6.66. The Hall–Kier alpha value is -1.30. The highest BCUT2D eigenvalue weighted by molar-refractivity contribution is 5.80. The molecule has 1 rings (SSSR count). The fourth-order valence-corrected chi connectivity index (χ4v) is 2.27. The quantitative estimate of drug-likeness (QED) is 0.794. The van der Waals surface area contributed by atoms with Crippen molar-refractivity contribution in [1.82, 2.24) is 15.1 Å². The van der Waals surface area contributed by atoms with Gasteiger partial charge in [-0.3, -0.25) is 4.79 Å². The highest BCUT2D eigenvalue weighted by atomic mass is 16.4. The smallest absolute Gasteiger partial charge is 0.323 e. The number of hydrogen-bond donors (Lipinski definition) is 2. The molecule has 1 heterocycles. The van der Waals surface area contributed by atoms with Gasteiger partial charge in [0.25, 0.3) is 0 Å². The van der Waals surface area contributed by atoms with Crippen molar-refractivity contribution in [2.75, 3.05) is 33.2 Å². The molecule has 1 fully saturated rings. The van der Waals surface area contributed by atoms with Crippen LogP contribution in [0.25, 0.3) is 0 Å². The molecular formula is C13H25N3O3. The van der Waals surface area contributed by atoms with Crippen molar-refractivity contribution in [1.29, 1.82) is 0 Å². The molecule has 2 N–H and O–H groups in total. The van der Waals surface area contributed by atoms with E-state index in [1.54, 1.807) is 0 Å². The number of hydrogen-bond acceptors (Lipinski definition) is 3. The number of amides is 2. The third-order valence-electron chi connectivity index (χ3n) is 3.38. The predicted octanol–water partition coefficient (Wildman–Crippen LogP) is 0.833. The third kappa shape index (κ3) is 5.06. The summed E-state index contributed by atoms with van der Waals surface area (Å²) in [5.74, 6) is -0.536. The summed E-state index contributed by atoms with van der Waals surface area (Å²) in [6, 6.07) is -0.301. The van der Waals surface area contributed by atoms with Crippen LogP contribution < -0.4 is 5.32 Å². The summed E-state index contributed by atoms with van der Waals surface area (Å²) < 4.78 is 0. The molecule has 1 saturated heterocycles. The molecule has 1 aliphatic rings. The number of carbonyl (C=O) groups is 2. The SMILES string of the molecule is CN1CCC(CNC(=O)N(CC(=O)O)C(C)(C)C)C1. The van der Waals surface area contributed by atoms with Crippen molar-refractivity contribution < 1.29 is 14.7 Å².